The zero-order chi connectivity index (χ0) is 20.8. The van der Waals surface area contributed by atoms with E-state index >= 15 is 0 Å². The Kier molecular flexibility index (Phi) is 6.28. The van der Waals surface area contributed by atoms with Gasteiger partial charge >= 0.3 is 6.61 Å². The SMILES string of the molecule is O=C(Nc1cccc(OCc2ccccn2)c1)c1c(F)cc(OC(F)F)cc1F. The standard InChI is InChI=1S/C20H14F4N2O3/c21-16-9-15(29-20(23)24)10-17(22)18(16)19(27)26-12-5-3-6-14(8-12)28-11-13-4-1-2-7-25-13/h1-10,20H,11H2,(H,26,27). The monoisotopic (exact) mass is 406 g/mol. The van der Waals surface area contributed by atoms with Gasteiger partial charge in [-0.15, -0.1) is 0 Å². The second-order valence-electron chi connectivity index (χ2n) is 5.73. The lowest BCUT2D eigenvalue weighted by Gasteiger charge is -2.11. The van der Waals surface area contributed by atoms with Crippen LogP contribution >= 0.6 is 0 Å². The van der Waals surface area contributed by atoms with Gasteiger partial charge in [-0.05, 0) is 24.3 Å². The van der Waals surface area contributed by atoms with Crippen molar-refractivity contribution in [2.24, 2.45) is 0 Å². The van der Waals surface area contributed by atoms with Crippen LogP contribution in [0.5, 0.6) is 11.5 Å². The Morgan fingerprint density at radius 2 is 1.76 bits per heavy atom. The minimum absolute atomic E-state index is 0.188. The molecule has 0 spiro atoms. The van der Waals surface area contributed by atoms with Gasteiger partial charge in [-0.1, -0.05) is 12.1 Å². The maximum Gasteiger partial charge on any atom is 0.387 e. The topological polar surface area (TPSA) is 60.5 Å². The largest absolute Gasteiger partial charge is 0.487 e. The number of benzene rings is 2. The molecule has 0 aliphatic carbocycles. The Bertz CT molecular complexity index is 977. The lowest BCUT2D eigenvalue weighted by atomic mass is 10.1. The van der Waals surface area contributed by atoms with Crippen LogP contribution in [-0.4, -0.2) is 17.5 Å². The molecule has 5 nitrogen and oxygen atoms in total. The summed E-state index contributed by atoms with van der Waals surface area (Å²) in [7, 11) is 0. The van der Waals surface area contributed by atoms with E-state index in [-0.39, 0.29) is 12.3 Å². The number of carbonyl (C=O) groups is 1. The Balaban J connectivity index is 1.71. The quantitative estimate of drug-likeness (QED) is 0.573. The number of ether oxygens (including phenoxy) is 2. The molecule has 1 aromatic heterocycles. The van der Waals surface area contributed by atoms with Crippen molar-refractivity contribution < 1.29 is 31.8 Å². The molecular formula is C20H14F4N2O3. The molecule has 0 radical (unpaired) electrons. The van der Waals surface area contributed by atoms with Crippen molar-refractivity contribution in [3.05, 3.63) is 83.7 Å². The highest BCUT2D eigenvalue weighted by Gasteiger charge is 2.20. The van der Waals surface area contributed by atoms with Gasteiger partial charge in [-0.2, -0.15) is 8.78 Å². The highest BCUT2D eigenvalue weighted by molar-refractivity contribution is 6.04. The summed E-state index contributed by atoms with van der Waals surface area (Å²) in [6, 6.07) is 12.5. The maximum absolute atomic E-state index is 14.0. The van der Waals surface area contributed by atoms with Crippen LogP contribution in [0.3, 0.4) is 0 Å². The molecular weight excluding hydrogens is 392 g/mol. The van der Waals surface area contributed by atoms with Crippen LogP contribution in [0.25, 0.3) is 0 Å². The fourth-order valence-corrected chi connectivity index (χ4v) is 2.44. The van der Waals surface area contributed by atoms with Gasteiger partial charge in [0.2, 0.25) is 0 Å². The Morgan fingerprint density at radius 1 is 1.00 bits per heavy atom. The van der Waals surface area contributed by atoms with E-state index in [1.165, 1.54) is 12.1 Å². The van der Waals surface area contributed by atoms with Crippen molar-refractivity contribution in [2.75, 3.05) is 5.32 Å². The van der Waals surface area contributed by atoms with Crippen molar-refractivity contribution in [3.63, 3.8) is 0 Å². The van der Waals surface area contributed by atoms with E-state index in [1.807, 2.05) is 6.07 Å². The smallest absolute Gasteiger partial charge is 0.387 e. The lowest BCUT2D eigenvalue weighted by molar-refractivity contribution is -0.0501. The van der Waals surface area contributed by atoms with Crippen LogP contribution in [0.2, 0.25) is 0 Å². The van der Waals surface area contributed by atoms with Gasteiger partial charge in [0.05, 0.1) is 5.69 Å². The molecule has 0 aliphatic rings. The van der Waals surface area contributed by atoms with Crippen molar-refractivity contribution in [2.45, 2.75) is 13.2 Å². The number of hydrogen-bond donors (Lipinski definition) is 1. The van der Waals surface area contributed by atoms with Crippen LogP contribution in [0.1, 0.15) is 16.1 Å². The number of aromatic nitrogens is 1. The summed E-state index contributed by atoms with van der Waals surface area (Å²) >= 11 is 0. The second-order valence-corrected chi connectivity index (χ2v) is 5.73. The predicted molar refractivity (Wildman–Crippen MR) is 96.0 cm³/mol. The first kappa shape index (κ1) is 20.1. The third-order valence-corrected chi connectivity index (χ3v) is 3.67. The van der Waals surface area contributed by atoms with Gasteiger partial charge in [0.25, 0.3) is 5.91 Å². The number of nitrogens with one attached hydrogen (secondary N) is 1. The molecule has 3 aromatic rings. The molecule has 1 amide bonds. The van der Waals surface area contributed by atoms with E-state index in [1.54, 1.807) is 30.5 Å². The second kappa shape index (κ2) is 9.05. The third kappa shape index (κ3) is 5.44. The average molecular weight is 406 g/mol. The minimum Gasteiger partial charge on any atom is -0.487 e. The van der Waals surface area contributed by atoms with Crippen molar-refractivity contribution in [1.29, 1.82) is 0 Å². The van der Waals surface area contributed by atoms with Crippen LogP contribution < -0.4 is 14.8 Å². The molecule has 0 unspecified atom stereocenters. The van der Waals surface area contributed by atoms with Crippen LogP contribution in [0.15, 0.2) is 60.8 Å². The zero-order valence-electron chi connectivity index (χ0n) is 14.7. The predicted octanol–water partition coefficient (Wildman–Crippen LogP) is 4.79. The molecule has 0 fully saturated rings. The summed E-state index contributed by atoms with van der Waals surface area (Å²) in [5.74, 6) is -4.08. The van der Waals surface area contributed by atoms with Gasteiger partial charge in [0.1, 0.15) is 35.3 Å². The van der Waals surface area contributed by atoms with Gasteiger partial charge in [0.15, 0.2) is 0 Å². The van der Waals surface area contributed by atoms with E-state index in [2.05, 4.69) is 15.0 Å². The van der Waals surface area contributed by atoms with Gasteiger partial charge in [-0.3, -0.25) is 9.78 Å². The number of anilines is 1. The number of pyridine rings is 1. The summed E-state index contributed by atoms with van der Waals surface area (Å²) in [5, 5.41) is 2.34. The normalized spacial score (nSPS) is 10.7. The molecule has 0 aliphatic heterocycles. The van der Waals surface area contributed by atoms with E-state index in [9.17, 15) is 22.4 Å². The molecule has 0 bridgehead atoms. The number of alkyl halides is 2. The number of hydrogen-bond acceptors (Lipinski definition) is 4. The van der Waals surface area contributed by atoms with E-state index < -0.39 is 35.5 Å². The van der Waals surface area contributed by atoms with Crippen molar-refractivity contribution in [3.8, 4) is 11.5 Å². The van der Waals surface area contributed by atoms with Gasteiger partial charge < -0.3 is 14.8 Å². The molecule has 150 valence electrons. The molecule has 3 rings (SSSR count). The molecule has 29 heavy (non-hydrogen) atoms. The zero-order valence-corrected chi connectivity index (χ0v) is 14.7. The molecule has 0 saturated heterocycles. The molecule has 0 atom stereocenters. The molecule has 1 N–H and O–H groups in total. The van der Waals surface area contributed by atoms with Gasteiger partial charge in [-0.25, -0.2) is 8.78 Å². The summed E-state index contributed by atoms with van der Waals surface area (Å²) in [5.41, 5.74) is -0.0103. The Morgan fingerprint density at radius 3 is 2.41 bits per heavy atom. The van der Waals surface area contributed by atoms with E-state index in [0.29, 0.717) is 23.6 Å². The first-order valence-electron chi connectivity index (χ1n) is 8.30. The summed E-state index contributed by atoms with van der Waals surface area (Å²) in [6.45, 7) is -3.06. The fourth-order valence-electron chi connectivity index (χ4n) is 2.44. The van der Waals surface area contributed by atoms with E-state index in [0.717, 1.165) is 0 Å². The fraction of sp³-hybridized carbons (Fsp3) is 0.100. The first-order chi connectivity index (χ1) is 13.9. The minimum atomic E-state index is -3.25. The third-order valence-electron chi connectivity index (χ3n) is 3.67. The summed E-state index contributed by atoms with van der Waals surface area (Å²) in [6.07, 6.45) is 1.62. The Hall–Kier alpha value is -3.62. The van der Waals surface area contributed by atoms with Crippen LogP contribution in [0, 0.1) is 11.6 Å². The van der Waals surface area contributed by atoms with Gasteiger partial charge in [0, 0.05) is 30.1 Å². The van der Waals surface area contributed by atoms with Crippen molar-refractivity contribution >= 4 is 11.6 Å². The number of rotatable bonds is 7. The van der Waals surface area contributed by atoms with E-state index in [4.69, 9.17) is 4.74 Å². The summed E-state index contributed by atoms with van der Waals surface area (Å²) < 4.78 is 62.0. The molecule has 9 heteroatoms. The first-order valence-corrected chi connectivity index (χ1v) is 8.30. The lowest BCUT2D eigenvalue weighted by Crippen LogP contribution is -2.16. The highest BCUT2D eigenvalue weighted by Crippen LogP contribution is 2.24. The highest BCUT2D eigenvalue weighted by atomic mass is 19.3. The molecule has 0 saturated carbocycles. The average Bonchev–Trinajstić information content (AvgIpc) is 2.66. The van der Waals surface area contributed by atoms with Crippen LogP contribution in [0.4, 0.5) is 23.2 Å². The number of carbonyl (C=O) groups excluding carboxylic acids is 1. The maximum atomic E-state index is 14.0. The van der Waals surface area contributed by atoms with Crippen LogP contribution in [-0.2, 0) is 6.61 Å². The molecule has 2 aromatic carbocycles. The molecule has 1 heterocycles. The number of amides is 1. The number of halogens is 4. The Labute approximate surface area is 162 Å². The summed E-state index contributed by atoms with van der Waals surface area (Å²) in [4.78, 5) is 16.4. The number of nitrogens with zero attached hydrogens (tertiary/aromatic N) is 1. The van der Waals surface area contributed by atoms with Crippen molar-refractivity contribution in [1.82, 2.24) is 4.98 Å².